The molecule has 0 radical (unpaired) electrons. The molecule has 0 spiro atoms. The average molecular weight is 311 g/mol. The normalized spacial score (nSPS) is 31.5. The Morgan fingerprint density at radius 2 is 2.22 bits per heavy atom. The molecule has 120 valence electrons. The smallest absolute Gasteiger partial charge is 0.187 e. The Labute approximate surface area is 135 Å². The van der Waals surface area contributed by atoms with Crippen molar-refractivity contribution < 1.29 is 14.7 Å². The lowest BCUT2D eigenvalue weighted by molar-refractivity contribution is -0.126. The number of methoxy groups -OCH3 is 1. The number of ketones is 1. The molecule has 0 aromatic heterocycles. The number of allylic oxidation sites excluding steroid dienone is 4. The number of carbonyl (C=O) groups is 1. The van der Waals surface area contributed by atoms with Gasteiger partial charge in [-0.3, -0.25) is 15.5 Å². The summed E-state index contributed by atoms with van der Waals surface area (Å²) in [7, 11) is 1.69. The minimum absolute atomic E-state index is 0.0323. The Morgan fingerprint density at radius 1 is 1.39 bits per heavy atom. The highest BCUT2D eigenvalue weighted by Crippen LogP contribution is 2.56. The number of carbonyl (C=O) groups excluding carboxylic acids is 1. The van der Waals surface area contributed by atoms with Gasteiger partial charge >= 0.3 is 0 Å². The number of nitrogens with one attached hydrogen (secondary N) is 1. The van der Waals surface area contributed by atoms with Gasteiger partial charge in [0, 0.05) is 17.3 Å². The van der Waals surface area contributed by atoms with Crippen molar-refractivity contribution in [2.24, 2.45) is 11.3 Å². The van der Waals surface area contributed by atoms with Gasteiger partial charge in [0.25, 0.3) is 0 Å². The maximum atomic E-state index is 12.6. The molecule has 4 heteroatoms. The Bertz CT molecular complexity index is 749. The molecule has 0 aliphatic heterocycles. The molecule has 4 nitrogen and oxygen atoms in total. The van der Waals surface area contributed by atoms with Crippen molar-refractivity contribution in [3.8, 4) is 5.75 Å². The van der Waals surface area contributed by atoms with E-state index in [1.165, 1.54) is 16.7 Å². The fourth-order valence-electron chi connectivity index (χ4n) is 4.58. The van der Waals surface area contributed by atoms with Crippen LogP contribution in [0.25, 0.3) is 0 Å². The third-order valence-corrected chi connectivity index (χ3v) is 5.90. The zero-order valence-electron chi connectivity index (χ0n) is 13.4. The maximum Gasteiger partial charge on any atom is 0.187 e. The largest absolute Gasteiger partial charge is 0.497 e. The van der Waals surface area contributed by atoms with E-state index in [-0.39, 0.29) is 11.7 Å². The second-order valence-electron chi connectivity index (χ2n) is 6.98. The summed E-state index contributed by atoms with van der Waals surface area (Å²) in [5, 5.41) is 9.24. The first-order valence-electron chi connectivity index (χ1n) is 8.12. The molecule has 4 rings (SSSR count). The Balaban J connectivity index is 1.76. The van der Waals surface area contributed by atoms with Crippen molar-refractivity contribution in [2.45, 2.75) is 32.1 Å². The van der Waals surface area contributed by atoms with E-state index in [0.717, 1.165) is 25.0 Å². The fraction of sp³-hybridized carbons (Fsp3) is 0.421. The van der Waals surface area contributed by atoms with Crippen LogP contribution in [0.3, 0.4) is 0 Å². The number of hydrogen-bond acceptors (Lipinski definition) is 4. The summed E-state index contributed by atoms with van der Waals surface area (Å²) in [6.45, 7) is 2.03. The maximum absolute atomic E-state index is 12.6. The summed E-state index contributed by atoms with van der Waals surface area (Å²) >= 11 is 0. The van der Waals surface area contributed by atoms with E-state index < -0.39 is 5.41 Å². The van der Waals surface area contributed by atoms with E-state index in [1.54, 1.807) is 7.11 Å². The number of Topliss-reactive ketones (excluding diaryl/α,β-unsaturated/α-hetero) is 1. The third-order valence-electron chi connectivity index (χ3n) is 5.90. The number of rotatable bonds is 2. The molecular formula is C19H21NO3. The van der Waals surface area contributed by atoms with E-state index in [2.05, 4.69) is 23.7 Å². The Hall–Kier alpha value is -2.07. The van der Waals surface area contributed by atoms with Crippen LogP contribution in [0.1, 0.15) is 36.8 Å². The highest BCUT2D eigenvalue weighted by atomic mass is 16.5. The van der Waals surface area contributed by atoms with Gasteiger partial charge in [0.15, 0.2) is 5.78 Å². The number of fused-ring (bicyclic) bond motifs is 5. The summed E-state index contributed by atoms with van der Waals surface area (Å²) in [6, 6.07) is 6.30. The molecule has 1 aromatic rings. The quantitative estimate of drug-likeness (QED) is 0.651. The molecule has 1 fully saturated rings. The predicted molar refractivity (Wildman–Crippen MR) is 86.4 cm³/mol. The van der Waals surface area contributed by atoms with Gasteiger partial charge in [-0.1, -0.05) is 24.6 Å². The summed E-state index contributed by atoms with van der Waals surface area (Å²) < 4.78 is 5.33. The van der Waals surface area contributed by atoms with Crippen molar-refractivity contribution in [3.63, 3.8) is 0 Å². The molecule has 1 aromatic carbocycles. The van der Waals surface area contributed by atoms with Crippen LogP contribution >= 0.6 is 0 Å². The molecule has 2 N–H and O–H groups in total. The van der Waals surface area contributed by atoms with Gasteiger partial charge < -0.3 is 4.74 Å². The van der Waals surface area contributed by atoms with Gasteiger partial charge in [-0.05, 0) is 48.6 Å². The SMILES string of the molecule is COc1ccc2c(c1)CC=C1C2CC[C@@]2(C)C(=O)C(NO)=CC12. The van der Waals surface area contributed by atoms with Crippen LogP contribution in [0.5, 0.6) is 5.75 Å². The van der Waals surface area contributed by atoms with Crippen LogP contribution in [-0.2, 0) is 11.2 Å². The Morgan fingerprint density at radius 3 is 2.96 bits per heavy atom. The first-order chi connectivity index (χ1) is 11.1. The van der Waals surface area contributed by atoms with Crippen LogP contribution in [0.4, 0.5) is 0 Å². The van der Waals surface area contributed by atoms with Crippen LogP contribution in [0, 0.1) is 11.3 Å². The van der Waals surface area contributed by atoms with E-state index in [4.69, 9.17) is 4.74 Å². The molecule has 3 atom stereocenters. The molecule has 0 bridgehead atoms. The van der Waals surface area contributed by atoms with Crippen molar-refractivity contribution >= 4 is 5.78 Å². The standard InChI is InChI=1S/C19H21NO3/c1-19-8-7-14-13-6-4-12(23-2)9-11(13)3-5-15(14)16(19)10-17(20-22)18(19)21/h4-6,9-10,14,16,20,22H,3,7-8H2,1-2H3/t14?,16?,19-/m1/s1. The van der Waals surface area contributed by atoms with Crippen LogP contribution in [-0.4, -0.2) is 18.1 Å². The third kappa shape index (κ3) is 1.91. The van der Waals surface area contributed by atoms with Crippen LogP contribution < -0.4 is 10.2 Å². The van der Waals surface area contributed by atoms with Crippen molar-refractivity contribution in [1.82, 2.24) is 5.48 Å². The van der Waals surface area contributed by atoms with Crippen LogP contribution in [0.15, 0.2) is 41.6 Å². The van der Waals surface area contributed by atoms with E-state index in [9.17, 15) is 10.0 Å². The molecule has 3 aliphatic carbocycles. The minimum Gasteiger partial charge on any atom is -0.497 e. The molecular weight excluding hydrogens is 290 g/mol. The number of benzene rings is 1. The summed E-state index contributed by atoms with van der Waals surface area (Å²) in [6.07, 6.45) is 6.87. The van der Waals surface area contributed by atoms with E-state index >= 15 is 0 Å². The summed E-state index contributed by atoms with van der Waals surface area (Å²) in [4.78, 5) is 12.6. The second kappa shape index (κ2) is 4.96. The van der Waals surface area contributed by atoms with E-state index in [1.807, 2.05) is 19.1 Å². The van der Waals surface area contributed by atoms with Crippen molar-refractivity contribution in [3.05, 3.63) is 52.7 Å². The summed E-state index contributed by atoms with van der Waals surface area (Å²) in [5.74, 6) is 1.37. The first-order valence-corrected chi connectivity index (χ1v) is 8.12. The number of ether oxygens (including phenoxy) is 1. The van der Waals surface area contributed by atoms with Gasteiger partial charge in [0.1, 0.15) is 11.4 Å². The molecule has 0 amide bonds. The molecule has 23 heavy (non-hydrogen) atoms. The minimum atomic E-state index is -0.419. The zero-order valence-corrected chi connectivity index (χ0v) is 13.4. The van der Waals surface area contributed by atoms with Gasteiger partial charge in [-0.25, -0.2) is 0 Å². The second-order valence-corrected chi connectivity index (χ2v) is 6.98. The molecule has 0 heterocycles. The van der Waals surface area contributed by atoms with E-state index in [0.29, 0.717) is 11.6 Å². The van der Waals surface area contributed by atoms with Gasteiger partial charge in [0.2, 0.25) is 0 Å². The molecule has 0 saturated heterocycles. The summed E-state index contributed by atoms with van der Waals surface area (Å²) in [5.41, 5.74) is 6.02. The Kier molecular flexibility index (Phi) is 3.13. The van der Waals surface area contributed by atoms with Gasteiger partial charge in [-0.15, -0.1) is 0 Å². The van der Waals surface area contributed by atoms with Gasteiger partial charge in [0.05, 0.1) is 7.11 Å². The lowest BCUT2D eigenvalue weighted by Gasteiger charge is -2.43. The molecule has 3 aliphatic rings. The first kappa shape index (κ1) is 14.5. The lowest BCUT2D eigenvalue weighted by atomic mass is 9.59. The van der Waals surface area contributed by atoms with Crippen molar-refractivity contribution in [1.29, 1.82) is 0 Å². The monoisotopic (exact) mass is 311 g/mol. The van der Waals surface area contributed by atoms with Crippen LogP contribution in [0.2, 0.25) is 0 Å². The number of hydrogen-bond donors (Lipinski definition) is 2. The number of hydroxylamine groups is 1. The predicted octanol–water partition coefficient (Wildman–Crippen LogP) is 3.12. The lowest BCUT2D eigenvalue weighted by Crippen LogP contribution is -2.39. The average Bonchev–Trinajstić information content (AvgIpc) is 2.85. The molecule has 1 saturated carbocycles. The topological polar surface area (TPSA) is 58.6 Å². The fourth-order valence-corrected chi connectivity index (χ4v) is 4.58. The highest BCUT2D eigenvalue weighted by Gasteiger charge is 2.52. The zero-order chi connectivity index (χ0) is 16.2. The van der Waals surface area contributed by atoms with Crippen molar-refractivity contribution in [2.75, 3.05) is 7.11 Å². The van der Waals surface area contributed by atoms with Gasteiger partial charge in [-0.2, -0.15) is 0 Å². The molecule has 2 unspecified atom stereocenters. The highest BCUT2D eigenvalue weighted by molar-refractivity contribution is 6.02.